The number of nitrogens with zero attached hydrogens (tertiary/aromatic N) is 1. The van der Waals surface area contributed by atoms with Crippen LogP contribution in [0.25, 0.3) is 0 Å². The van der Waals surface area contributed by atoms with Gasteiger partial charge in [-0.3, -0.25) is 4.79 Å². The van der Waals surface area contributed by atoms with Crippen LogP contribution in [0.15, 0.2) is 24.3 Å². The number of nitrogens with one attached hydrogen (secondary N) is 1. The van der Waals surface area contributed by atoms with Crippen LogP contribution in [0.2, 0.25) is 0 Å². The second kappa shape index (κ2) is 9.11. The molecule has 0 saturated heterocycles. The van der Waals surface area contributed by atoms with Gasteiger partial charge in [-0.25, -0.2) is 0 Å². The van der Waals surface area contributed by atoms with Crippen molar-refractivity contribution in [2.24, 2.45) is 0 Å². The van der Waals surface area contributed by atoms with E-state index in [0.29, 0.717) is 17.9 Å². The van der Waals surface area contributed by atoms with E-state index in [0.717, 1.165) is 12.8 Å². The Morgan fingerprint density at radius 3 is 2.60 bits per heavy atom. The molecule has 4 heteroatoms. The Kier molecular flexibility index (Phi) is 7.38. The average molecular weight is 274 g/mol. The number of ether oxygens (including phenoxy) is 1. The Hall–Kier alpha value is -1.86. The van der Waals surface area contributed by atoms with E-state index in [-0.39, 0.29) is 5.91 Å². The van der Waals surface area contributed by atoms with Crippen LogP contribution in [-0.2, 0) is 9.53 Å². The van der Waals surface area contributed by atoms with E-state index < -0.39 is 6.10 Å². The molecule has 1 rings (SSSR count). The number of hydrogen-bond donors (Lipinski definition) is 1. The van der Waals surface area contributed by atoms with Gasteiger partial charge in [-0.05, 0) is 37.6 Å². The van der Waals surface area contributed by atoms with Crippen molar-refractivity contribution in [1.29, 1.82) is 5.26 Å². The molecule has 0 bridgehead atoms. The third kappa shape index (κ3) is 5.85. The van der Waals surface area contributed by atoms with Crippen LogP contribution in [0.1, 0.15) is 45.1 Å². The molecule has 1 unspecified atom stereocenters. The second-order valence-corrected chi connectivity index (χ2v) is 4.75. The zero-order valence-corrected chi connectivity index (χ0v) is 12.2. The first-order valence-electron chi connectivity index (χ1n) is 7.10. The smallest absolute Gasteiger partial charge is 0.253 e. The fourth-order valence-corrected chi connectivity index (χ4v) is 1.74. The third-order valence-corrected chi connectivity index (χ3v) is 3.02. The molecule has 0 aliphatic rings. The van der Waals surface area contributed by atoms with Gasteiger partial charge in [0.2, 0.25) is 0 Å². The summed E-state index contributed by atoms with van der Waals surface area (Å²) in [7, 11) is 0. The summed E-state index contributed by atoms with van der Waals surface area (Å²) in [5, 5.41) is 11.5. The number of carbonyl (C=O) groups excluding carboxylic acids is 1. The van der Waals surface area contributed by atoms with Gasteiger partial charge in [-0.2, -0.15) is 5.26 Å². The van der Waals surface area contributed by atoms with Crippen molar-refractivity contribution < 1.29 is 9.53 Å². The van der Waals surface area contributed by atoms with E-state index in [2.05, 4.69) is 12.2 Å². The lowest BCUT2D eigenvalue weighted by Crippen LogP contribution is -2.28. The molecule has 1 N–H and O–H groups in total. The van der Waals surface area contributed by atoms with Crippen LogP contribution in [0.5, 0.6) is 0 Å². The highest BCUT2D eigenvalue weighted by Gasteiger charge is 2.13. The fraction of sp³-hybridized carbons (Fsp3) is 0.500. The third-order valence-electron chi connectivity index (χ3n) is 3.02. The van der Waals surface area contributed by atoms with E-state index in [1.165, 1.54) is 12.8 Å². The van der Waals surface area contributed by atoms with Gasteiger partial charge < -0.3 is 10.1 Å². The van der Waals surface area contributed by atoms with Gasteiger partial charge in [0.1, 0.15) is 6.10 Å². The number of carbonyl (C=O) groups is 1. The van der Waals surface area contributed by atoms with Crippen molar-refractivity contribution in [3.8, 4) is 6.07 Å². The molecule has 20 heavy (non-hydrogen) atoms. The van der Waals surface area contributed by atoms with E-state index in [4.69, 9.17) is 10.00 Å². The van der Waals surface area contributed by atoms with E-state index in [1.807, 2.05) is 6.07 Å². The maximum absolute atomic E-state index is 11.9. The maximum atomic E-state index is 11.9. The predicted molar refractivity (Wildman–Crippen MR) is 79.3 cm³/mol. The number of unbranched alkanes of at least 4 members (excludes halogenated alkanes) is 3. The lowest BCUT2D eigenvalue weighted by molar-refractivity contribution is -0.126. The molecular weight excluding hydrogens is 252 g/mol. The van der Waals surface area contributed by atoms with Gasteiger partial charge >= 0.3 is 0 Å². The summed E-state index contributed by atoms with van der Waals surface area (Å²) in [5.41, 5.74) is 1.25. The summed E-state index contributed by atoms with van der Waals surface area (Å²) in [6, 6.07) is 8.81. The summed E-state index contributed by atoms with van der Waals surface area (Å²) in [6.45, 7) is 4.52. The molecule has 1 aromatic rings. The van der Waals surface area contributed by atoms with Gasteiger partial charge in [0.25, 0.3) is 5.91 Å². The molecule has 0 aliphatic heterocycles. The Labute approximate surface area is 120 Å². The van der Waals surface area contributed by atoms with Crippen LogP contribution >= 0.6 is 0 Å². The molecule has 108 valence electrons. The first kappa shape index (κ1) is 16.2. The van der Waals surface area contributed by atoms with Crippen molar-refractivity contribution >= 4 is 11.6 Å². The van der Waals surface area contributed by atoms with Crippen LogP contribution < -0.4 is 5.32 Å². The highest BCUT2D eigenvalue weighted by atomic mass is 16.5. The number of hydrogen-bond acceptors (Lipinski definition) is 3. The standard InChI is InChI=1S/C16H22N2O2/c1-3-4-5-6-11-20-13(2)16(19)18-15-9-7-14(12-17)8-10-15/h7-10,13H,3-6,11H2,1-2H3,(H,18,19). The highest BCUT2D eigenvalue weighted by Crippen LogP contribution is 2.10. The first-order valence-corrected chi connectivity index (χ1v) is 7.10. The zero-order valence-electron chi connectivity index (χ0n) is 12.2. The Balaban J connectivity index is 2.31. The SMILES string of the molecule is CCCCCCOC(C)C(=O)Nc1ccc(C#N)cc1. The first-order chi connectivity index (χ1) is 9.67. The largest absolute Gasteiger partial charge is 0.369 e. The number of rotatable bonds is 8. The van der Waals surface area contributed by atoms with E-state index in [9.17, 15) is 4.79 Å². The van der Waals surface area contributed by atoms with Crippen molar-refractivity contribution in [3.63, 3.8) is 0 Å². The molecule has 4 nitrogen and oxygen atoms in total. The molecule has 0 aromatic heterocycles. The lowest BCUT2D eigenvalue weighted by atomic mass is 10.2. The van der Waals surface area contributed by atoms with Crippen LogP contribution in [0, 0.1) is 11.3 Å². The van der Waals surface area contributed by atoms with Crippen molar-refractivity contribution in [3.05, 3.63) is 29.8 Å². The van der Waals surface area contributed by atoms with Gasteiger partial charge in [-0.1, -0.05) is 26.2 Å². The summed E-state index contributed by atoms with van der Waals surface area (Å²) in [4.78, 5) is 11.9. The Morgan fingerprint density at radius 2 is 2.00 bits per heavy atom. The molecular formula is C16H22N2O2. The number of benzene rings is 1. The normalized spacial score (nSPS) is 11.7. The molecule has 1 amide bonds. The quantitative estimate of drug-likeness (QED) is 0.738. The lowest BCUT2D eigenvalue weighted by Gasteiger charge is -2.13. The highest BCUT2D eigenvalue weighted by molar-refractivity contribution is 5.93. The van der Waals surface area contributed by atoms with Crippen LogP contribution in [-0.4, -0.2) is 18.6 Å². The minimum Gasteiger partial charge on any atom is -0.369 e. The second-order valence-electron chi connectivity index (χ2n) is 4.75. The fourth-order valence-electron chi connectivity index (χ4n) is 1.74. The number of nitriles is 1. The van der Waals surface area contributed by atoms with Crippen LogP contribution in [0.4, 0.5) is 5.69 Å². The Morgan fingerprint density at radius 1 is 1.30 bits per heavy atom. The van der Waals surface area contributed by atoms with Crippen molar-refractivity contribution in [2.45, 2.75) is 45.6 Å². The minimum absolute atomic E-state index is 0.162. The monoisotopic (exact) mass is 274 g/mol. The molecule has 0 saturated carbocycles. The molecule has 0 radical (unpaired) electrons. The summed E-state index contributed by atoms with van der Waals surface area (Å²) in [5.74, 6) is -0.162. The maximum Gasteiger partial charge on any atom is 0.253 e. The summed E-state index contributed by atoms with van der Waals surface area (Å²) < 4.78 is 5.50. The topological polar surface area (TPSA) is 62.1 Å². The van der Waals surface area contributed by atoms with E-state index in [1.54, 1.807) is 31.2 Å². The van der Waals surface area contributed by atoms with Gasteiger partial charge in [-0.15, -0.1) is 0 Å². The Bertz CT molecular complexity index is 449. The zero-order chi connectivity index (χ0) is 14.8. The molecule has 0 aliphatic carbocycles. The summed E-state index contributed by atoms with van der Waals surface area (Å²) >= 11 is 0. The molecule has 1 aromatic carbocycles. The van der Waals surface area contributed by atoms with Gasteiger partial charge in [0.05, 0.1) is 11.6 Å². The predicted octanol–water partition coefficient (Wildman–Crippen LogP) is 3.48. The molecule has 0 fully saturated rings. The molecule has 0 heterocycles. The minimum atomic E-state index is -0.465. The average Bonchev–Trinajstić information content (AvgIpc) is 2.47. The van der Waals surface area contributed by atoms with Gasteiger partial charge in [0.15, 0.2) is 0 Å². The van der Waals surface area contributed by atoms with Gasteiger partial charge in [0, 0.05) is 12.3 Å². The van der Waals surface area contributed by atoms with Crippen molar-refractivity contribution in [1.82, 2.24) is 0 Å². The van der Waals surface area contributed by atoms with Crippen molar-refractivity contribution in [2.75, 3.05) is 11.9 Å². The summed E-state index contributed by atoms with van der Waals surface area (Å²) in [6.07, 6.45) is 4.06. The van der Waals surface area contributed by atoms with Crippen LogP contribution in [0.3, 0.4) is 0 Å². The molecule has 0 spiro atoms. The molecule has 1 atom stereocenters. The number of amides is 1. The number of anilines is 1. The van der Waals surface area contributed by atoms with E-state index >= 15 is 0 Å².